The van der Waals surface area contributed by atoms with Gasteiger partial charge in [-0.05, 0) is 42.4 Å². The predicted octanol–water partition coefficient (Wildman–Crippen LogP) is 3.02. The zero-order valence-electron chi connectivity index (χ0n) is 8.34. The molecule has 0 unspecified atom stereocenters. The minimum absolute atomic E-state index is 0.728. The second-order valence-corrected chi connectivity index (χ2v) is 3.90. The van der Waals surface area contributed by atoms with E-state index in [0.717, 1.165) is 12.5 Å². The van der Waals surface area contributed by atoms with Crippen LogP contribution in [0.4, 0.5) is 0 Å². The second-order valence-electron chi connectivity index (χ2n) is 3.90. The Kier molecular flexibility index (Phi) is 2.36. The van der Waals surface area contributed by atoms with Crippen LogP contribution in [0.25, 0.3) is 0 Å². The highest BCUT2D eigenvalue weighted by Crippen LogP contribution is 2.41. The van der Waals surface area contributed by atoms with Crippen LogP contribution >= 0.6 is 0 Å². The topological polar surface area (TPSA) is 9.23 Å². The van der Waals surface area contributed by atoms with Crippen molar-refractivity contribution in [2.45, 2.75) is 32.3 Å². The molecule has 0 amide bonds. The van der Waals surface area contributed by atoms with Gasteiger partial charge < -0.3 is 4.74 Å². The molecule has 70 valence electrons. The first-order valence-corrected chi connectivity index (χ1v) is 4.89. The van der Waals surface area contributed by atoms with E-state index in [1.54, 1.807) is 12.7 Å². The Morgan fingerprint density at radius 3 is 2.69 bits per heavy atom. The zero-order chi connectivity index (χ0) is 9.26. The first-order chi connectivity index (χ1) is 6.31. The standard InChI is InChI=1S/C12H16O/c1-9-7-10(8-13-2)3-6-12(9)11-4-5-11/h3,6-7,11H,4-5,8H2,1-2H3. The summed E-state index contributed by atoms with van der Waals surface area (Å²) in [5.74, 6) is 0.858. The van der Waals surface area contributed by atoms with E-state index in [0.29, 0.717) is 0 Å². The Labute approximate surface area is 79.7 Å². The van der Waals surface area contributed by atoms with E-state index >= 15 is 0 Å². The van der Waals surface area contributed by atoms with E-state index in [-0.39, 0.29) is 0 Å². The predicted molar refractivity (Wildman–Crippen MR) is 53.9 cm³/mol. The zero-order valence-corrected chi connectivity index (χ0v) is 8.34. The molecule has 13 heavy (non-hydrogen) atoms. The minimum Gasteiger partial charge on any atom is -0.380 e. The van der Waals surface area contributed by atoms with E-state index in [2.05, 4.69) is 25.1 Å². The van der Waals surface area contributed by atoms with Crippen molar-refractivity contribution >= 4 is 0 Å². The van der Waals surface area contributed by atoms with Crippen molar-refractivity contribution in [2.24, 2.45) is 0 Å². The average Bonchev–Trinajstić information content (AvgIpc) is 2.88. The van der Waals surface area contributed by atoms with Crippen LogP contribution in [0.3, 0.4) is 0 Å². The van der Waals surface area contributed by atoms with E-state index in [1.807, 2.05) is 0 Å². The van der Waals surface area contributed by atoms with Gasteiger partial charge in [0.1, 0.15) is 0 Å². The molecular weight excluding hydrogens is 160 g/mol. The molecular formula is C12H16O. The first-order valence-electron chi connectivity index (χ1n) is 4.89. The maximum atomic E-state index is 5.10. The van der Waals surface area contributed by atoms with Gasteiger partial charge in [0.25, 0.3) is 0 Å². The summed E-state index contributed by atoms with van der Waals surface area (Å²) in [5.41, 5.74) is 4.25. The lowest BCUT2D eigenvalue weighted by atomic mass is 10.0. The number of rotatable bonds is 3. The summed E-state index contributed by atoms with van der Waals surface area (Å²) in [6.07, 6.45) is 2.76. The van der Waals surface area contributed by atoms with Gasteiger partial charge in [-0.15, -0.1) is 0 Å². The van der Waals surface area contributed by atoms with Gasteiger partial charge in [0.05, 0.1) is 6.61 Å². The summed E-state index contributed by atoms with van der Waals surface area (Å²) in [5, 5.41) is 0. The van der Waals surface area contributed by atoms with E-state index in [4.69, 9.17) is 4.74 Å². The first kappa shape index (κ1) is 8.76. The SMILES string of the molecule is COCc1ccc(C2CC2)c(C)c1. The fraction of sp³-hybridized carbons (Fsp3) is 0.500. The van der Waals surface area contributed by atoms with Gasteiger partial charge in [-0.1, -0.05) is 18.2 Å². The molecule has 0 aromatic heterocycles. The van der Waals surface area contributed by atoms with E-state index in [9.17, 15) is 0 Å². The summed E-state index contributed by atoms with van der Waals surface area (Å²) < 4.78 is 5.10. The van der Waals surface area contributed by atoms with Gasteiger partial charge in [-0.25, -0.2) is 0 Å². The number of ether oxygens (including phenoxy) is 1. The quantitative estimate of drug-likeness (QED) is 0.688. The molecule has 0 saturated heterocycles. The Morgan fingerprint density at radius 1 is 1.38 bits per heavy atom. The summed E-state index contributed by atoms with van der Waals surface area (Å²) in [6.45, 7) is 2.93. The van der Waals surface area contributed by atoms with E-state index in [1.165, 1.54) is 24.0 Å². The molecule has 0 radical (unpaired) electrons. The van der Waals surface area contributed by atoms with Gasteiger partial charge in [0, 0.05) is 7.11 Å². The van der Waals surface area contributed by atoms with Crippen LogP contribution in [0.5, 0.6) is 0 Å². The molecule has 1 heteroatoms. The molecule has 1 saturated carbocycles. The van der Waals surface area contributed by atoms with Crippen LogP contribution in [0.1, 0.15) is 35.4 Å². The smallest absolute Gasteiger partial charge is 0.0713 e. The van der Waals surface area contributed by atoms with Crippen molar-refractivity contribution in [3.05, 3.63) is 34.9 Å². The number of hydrogen-bond donors (Lipinski definition) is 0. The highest BCUT2D eigenvalue weighted by molar-refractivity contribution is 5.35. The fourth-order valence-corrected chi connectivity index (χ4v) is 1.85. The molecule has 1 aliphatic rings. The largest absolute Gasteiger partial charge is 0.380 e. The van der Waals surface area contributed by atoms with Gasteiger partial charge in [0.15, 0.2) is 0 Å². The molecule has 1 fully saturated rings. The monoisotopic (exact) mass is 176 g/mol. The summed E-state index contributed by atoms with van der Waals surface area (Å²) >= 11 is 0. The molecule has 1 nitrogen and oxygen atoms in total. The van der Waals surface area contributed by atoms with Crippen LogP contribution in [-0.2, 0) is 11.3 Å². The maximum Gasteiger partial charge on any atom is 0.0713 e. The van der Waals surface area contributed by atoms with Crippen LogP contribution in [-0.4, -0.2) is 7.11 Å². The highest BCUT2D eigenvalue weighted by atomic mass is 16.5. The molecule has 0 spiro atoms. The minimum atomic E-state index is 0.728. The number of hydrogen-bond acceptors (Lipinski definition) is 1. The lowest BCUT2D eigenvalue weighted by molar-refractivity contribution is 0.185. The Bertz CT molecular complexity index is 300. The van der Waals surface area contributed by atoms with Gasteiger partial charge in [0.2, 0.25) is 0 Å². The molecule has 0 aliphatic heterocycles. The van der Waals surface area contributed by atoms with Crippen LogP contribution in [0.2, 0.25) is 0 Å². The van der Waals surface area contributed by atoms with Crippen molar-refractivity contribution in [3.8, 4) is 0 Å². The number of aryl methyl sites for hydroxylation is 1. The Hall–Kier alpha value is -0.820. The lowest BCUT2D eigenvalue weighted by Gasteiger charge is -2.06. The average molecular weight is 176 g/mol. The number of benzene rings is 1. The van der Waals surface area contributed by atoms with Gasteiger partial charge in [-0.2, -0.15) is 0 Å². The van der Waals surface area contributed by atoms with Crippen molar-refractivity contribution < 1.29 is 4.74 Å². The van der Waals surface area contributed by atoms with Gasteiger partial charge >= 0.3 is 0 Å². The highest BCUT2D eigenvalue weighted by Gasteiger charge is 2.24. The maximum absolute atomic E-state index is 5.10. The molecule has 0 bridgehead atoms. The molecule has 1 aromatic rings. The van der Waals surface area contributed by atoms with Crippen molar-refractivity contribution in [3.63, 3.8) is 0 Å². The van der Waals surface area contributed by atoms with Crippen molar-refractivity contribution in [2.75, 3.05) is 7.11 Å². The molecule has 2 rings (SSSR count). The normalized spacial score (nSPS) is 16.2. The summed E-state index contributed by atoms with van der Waals surface area (Å²) in [4.78, 5) is 0. The molecule has 0 heterocycles. The van der Waals surface area contributed by atoms with Crippen LogP contribution in [0.15, 0.2) is 18.2 Å². The summed E-state index contributed by atoms with van der Waals surface area (Å²) in [6, 6.07) is 6.70. The third-order valence-corrected chi connectivity index (χ3v) is 2.66. The third-order valence-electron chi connectivity index (χ3n) is 2.66. The second kappa shape index (κ2) is 3.51. The third kappa shape index (κ3) is 1.92. The van der Waals surface area contributed by atoms with Crippen LogP contribution < -0.4 is 0 Å². The van der Waals surface area contributed by atoms with E-state index < -0.39 is 0 Å². The number of methoxy groups -OCH3 is 1. The van der Waals surface area contributed by atoms with Crippen LogP contribution in [0, 0.1) is 6.92 Å². The van der Waals surface area contributed by atoms with Crippen molar-refractivity contribution in [1.82, 2.24) is 0 Å². The lowest BCUT2D eigenvalue weighted by Crippen LogP contribution is -1.91. The molecule has 0 atom stereocenters. The Balaban J connectivity index is 2.21. The van der Waals surface area contributed by atoms with Gasteiger partial charge in [-0.3, -0.25) is 0 Å². The Morgan fingerprint density at radius 2 is 2.15 bits per heavy atom. The molecule has 0 N–H and O–H groups in total. The molecule has 1 aliphatic carbocycles. The fourth-order valence-electron chi connectivity index (χ4n) is 1.85. The molecule has 1 aromatic carbocycles. The summed E-state index contributed by atoms with van der Waals surface area (Å²) in [7, 11) is 1.74. The van der Waals surface area contributed by atoms with Crippen molar-refractivity contribution in [1.29, 1.82) is 0 Å².